The van der Waals surface area contributed by atoms with Crippen LogP contribution in [-0.2, 0) is 16.6 Å². The second kappa shape index (κ2) is 10.6. The second-order valence-electron chi connectivity index (χ2n) is 9.11. The van der Waals surface area contributed by atoms with E-state index in [1.807, 2.05) is 16.4 Å². The van der Waals surface area contributed by atoms with Crippen molar-refractivity contribution in [2.45, 2.75) is 32.7 Å². The number of nitrogens with zero attached hydrogens (tertiary/aromatic N) is 1. The molecule has 2 atom stereocenters. The molecule has 202 valence electrons. The lowest BCUT2D eigenvalue weighted by atomic mass is 9.99. The third-order valence-corrected chi connectivity index (χ3v) is 7.19. The van der Waals surface area contributed by atoms with E-state index in [4.69, 9.17) is 0 Å². The summed E-state index contributed by atoms with van der Waals surface area (Å²) in [6.07, 6.45) is 1.27. The molecule has 1 amide bonds. The first-order chi connectivity index (χ1) is 17.9. The van der Waals surface area contributed by atoms with Gasteiger partial charge in [0.25, 0.3) is 16.1 Å². The topological polar surface area (TPSA) is 112 Å². The number of aromatic nitrogens is 1. The van der Waals surface area contributed by atoms with E-state index in [1.54, 1.807) is 13.0 Å². The number of benzene rings is 2. The van der Waals surface area contributed by atoms with E-state index >= 15 is 13.2 Å². The summed E-state index contributed by atoms with van der Waals surface area (Å²) in [5, 5.41) is 5.22. The number of rotatable bonds is 9. The molecule has 0 saturated heterocycles. The predicted octanol–water partition coefficient (Wildman–Crippen LogP) is 4.30. The molecule has 1 saturated carbocycles. The minimum absolute atomic E-state index is 0.150. The van der Waals surface area contributed by atoms with Crippen LogP contribution < -0.4 is 20.1 Å². The molecule has 8 nitrogen and oxygen atoms in total. The maximum Gasteiger partial charge on any atom is 0.300 e. The highest BCUT2D eigenvalue weighted by molar-refractivity contribution is 7.90. The number of anilines is 3. The van der Waals surface area contributed by atoms with Crippen molar-refractivity contribution in [1.82, 2.24) is 15.0 Å². The van der Waals surface area contributed by atoms with Crippen molar-refractivity contribution in [2.75, 3.05) is 17.1 Å². The van der Waals surface area contributed by atoms with E-state index in [9.17, 15) is 17.6 Å². The molecule has 0 bridgehead atoms. The van der Waals surface area contributed by atoms with Crippen LogP contribution in [0.4, 0.5) is 34.8 Å². The third kappa shape index (κ3) is 5.89. The monoisotopic (exact) mass is 551 g/mol. The smallest absolute Gasteiger partial charge is 0.300 e. The van der Waals surface area contributed by atoms with Crippen LogP contribution in [-0.4, -0.2) is 32.4 Å². The predicted molar refractivity (Wildman–Crippen MR) is 134 cm³/mol. The minimum Gasteiger partial charge on any atom is -0.350 e. The van der Waals surface area contributed by atoms with E-state index in [0.29, 0.717) is 12.0 Å². The summed E-state index contributed by atoms with van der Waals surface area (Å²) in [5.41, 5.74) is -1.02. The van der Waals surface area contributed by atoms with E-state index < -0.39 is 57.3 Å². The number of carbonyl (C=O) groups is 1. The summed E-state index contributed by atoms with van der Waals surface area (Å²) in [6, 6.07) is 6.17. The highest BCUT2D eigenvalue weighted by Gasteiger charge is 2.35. The maximum atomic E-state index is 15.4. The van der Waals surface area contributed by atoms with Crippen molar-refractivity contribution in [3.63, 3.8) is 0 Å². The number of hydrogen-bond acceptors (Lipinski definition) is 5. The van der Waals surface area contributed by atoms with E-state index in [-0.39, 0.29) is 34.3 Å². The lowest BCUT2D eigenvalue weighted by Crippen LogP contribution is -2.28. The Balaban J connectivity index is 1.75. The van der Waals surface area contributed by atoms with Crippen LogP contribution in [0.25, 0.3) is 0 Å². The number of amides is 1. The van der Waals surface area contributed by atoms with E-state index in [1.165, 1.54) is 18.2 Å². The summed E-state index contributed by atoms with van der Waals surface area (Å²) in [7, 11) is -2.99. The van der Waals surface area contributed by atoms with Gasteiger partial charge in [0, 0.05) is 25.7 Å². The van der Waals surface area contributed by atoms with Crippen LogP contribution in [0.15, 0.2) is 36.5 Å². The molecule has 1 fully saturated rings. The molecule has 3 aromatic rings. The fourth-order valence-electron chi connectivity index (χ4n) is 3.81. The maximum absolute atomic E-state index is 15.4. The van der Waals surface area contributed by atoms with E-state index in [0.717, 1.165) is 19.3 Å². The van der Waals surface area contributed by atoms with Crippen LogP contribution in [0.3, 0.4) is 0 Å². The van der Waals surface area contributed by atoms with Gasteiger partial charge in [-0.2, -0.15) is 8.42 Å². The number of aryl methyl sites for hydroxylation is 1. The number of halogens is 4. The van der Waals surface area contributed by atoms with Gasteiger partial charge in [0.1, 0.15) is 5.82 Å². The first-order valence-electron chi connectivity index (χ1n) is 11.6. The molecule has 4 rings (SSSR count). The third-order valence-electron chi connectivity index (χ3n) is 6.19. The first-order valence-corrected chi connectivity index (χ1v) is 13.1. The van der Waals surface area contributed by atoms with Gasteiger partial charge in [-0.05, 0) is 60.2 Å². The van der Waals surface area contributed by atoms with Gasteiger partial charge >= 0.3 is 0 Å². The summed E-state index contributed by atoms with van der Waals surface area (Å²) in [5.74, 6) is -5.83. The van der Waals surface area contributed by atoms with Gasteiger partial charge in [-0.1, -0.05) is 13.0 Å². The average Bonchev–Trinajstić information content (AvgIpc) is 3.56. The fraction of sp³-hybridized carbons (Fsp3) is 0.280. The van der Waals surface area contributed by atoms with Crippen LogP contribution in [0.5, 0.6) is 0 Å². The van der Waals surface area contributed by atoms with Crippen molar-refractivity contribution in [3.8, 4) is 0 Å². The van der Waals surface area contributed by atoms with Crippen molar-refractivity contribution >= 4 is 33.3 Å². The van der Waals surface area contributed by atoms with Gasteiger partial charge in [-0.15, -0.1) is 0 Å². The minimum atomic E-state index is -4.10. The van der Waals surface area contributed by atoms with Crippen molar-refractivity contribution in [2.24, 2.45) is 5.92 Å². The number of hydrogen-bond donors (Lipinski definition) is 4. The van der Waals surface area contributed by atoms with Crippen LogP contribution >= 0.6 is 0 Å². The molecule has 1 aliphatic rings. The molecule has 0 aliphatic heterocycles. The normalized spacial score (nSPS) is 16.7. The Kier molecular flexibility index (Phi) is 7.61. The average molecular weight is 552 g/mol. The second-order valence-corrected chi connectivity index (χ2v) is 10.7. The van der Waals surface area contributed by atoms with Crippen LogP contribution in [0.2, 0.25) is 0 Å². The summed E-state index contributed by atoms with van der Waals surface area (Å²) >= 11 is 0. The Morgan fingerprint density at radius 3 is 2.39 bits per heavy atom. The molecular formula is C25H25F4N5O3S. The highest BCUT2D eigenvalue weighted by atomic mass is 32.2. The molecule has 2 aromatic carbocycles. The molecule has 0 spiro atoms. The Hall–Kier alpha value is -3.71. The van der Waals surface area contributed by atoms with Crippen LogP contribution in [0, 0.1) is 36.1 Å². The number of nitrogens with one attached hydrogen (secondary N) is 4. The molecular weight excluding hydrogens is 526 g/mol. The molecule has 1 aliphatic carbocycles. The molecule has 13 heteroatoms. The molecule has 38 heavy (non-hydrogen) atoms. The number of pyridine rings is 1. The Morgan fingerprint density at radius 2 is 1.76 bits per heavy atom. The summed E-state index contributed by atoms with van der Waals surface area (Å²) < 4.78 is 87.5. The zero-order valence-corrected chi connectivity index (χ0v) is 21.4. The summed E-state index contributed by atoms with van der Waals surface area (Å²) in [4.78, 5) is 16.7. The van der Waals surface area contributed by atoms with Gasteiger partial charge < -0.3 is 10.6 Å². The molecule has 0 radical (unpaired) electrons. The lowest BCUT2D eigenvalue weighted by molar-refractivity contribution is 0.0949. The molecule has 1 aromatic heterocycles. The molecule has 4 N–H and O–H groups in total. The number of carbonyl (C=O) groups excluding carboxylic acids is 1. The molecule has 0 unspecified atom stereocenters. The quantitative estimate of drug-likeness (QED) is 0.297. The fourth-order valence-corrected chi connectivity index (χ4v) is 4.31. The Labute approximate surface area is 217 Å². The highest BCUT2D eigenvalue weighted by Crippen LogP contribution is 2.34. The van der Waals surface area contributed by atoms with Crippen molar-refractivity contribution in [3.05, 3.63) is 82.1 Å². The van der Waals surface area contributed by atoms with E-state index in [2.05, 4.69) is 15.6 Å². The van der Waals surface area contributed by atoms with Gasteiger partial charge in [0.05, 0.1) is 16.9 Å². The van der Waals surface area contributed by atoms with Gasteiger partial charge in [0.2, 0.25) is 0 Å². The summed E-state index contributed by atoms with van der Waals surface area (Å²) in [6.45, 7) is 3.57. The SMILES string of the molecule is CNS(=O)(=O)Nc1nccc(Cc2cc(C(=O)N[C@@H]3C[C@H]3C)c(Nc3ccc(C)cc3F)c(F)c2F)c1F. The lowest BCUT2D eigenvalue weighted by Gasteiger charge is -2.17. The van der Waals surface area contributed by atoms with Crippen molar-refractivity contribution in [1.29, 1.82) is 0 Å². The van der Waals surface area contributed by atoms with Crippen molar-refractivity contribution < 1.29 is 30.8 Å². The Bertz CT molecular complexity index is 1520. The first kappa shape index (κ1) is 27.3. The molecule has 1 heterocycles. The van der Waals surface area contributed by atoms with Gasteiger partial charge in [-0.25, -0.2) is 27.3 Å². The zero-order chi connectivity index (χ0) is 27.8. The van der Waals surface area contributed by atoms with Gasteiger partial charge in [0.15, 0.2) is 23.3 Å². The van der Waals surface area contributed by atoms with Crippen LogP contribution in [0.1, 0.15) is 40.4 Å². The zero-order valence-electron chi connectivity index (χ0n) is 20.6. The standard InChI is InChI=1S/C25H25F4N5O3S/c1-12-4-5-18(17(26)8-12)32-23-16(25(35)33-19-9-13(19)2)11-15(20(27)22(23)29)10-14-6-7-31-24(21(14)28)34-38(36,37)30-3/h4-8,11,13,19,30,32H,9-10H2,1-3H3,(H,31,34)(H,33,35)/t13-,19-/m1/s1. The largest absolute Gasteiger partial charge is 0.350 e. The Morgan fingerprint density at radius 1 is 1.05 bits per heavy atom. The van der Waals surface area contributed by atoms with Gasteiger partial charge in [-0.3, -0.25) is 9.52 Å².